The summed E-state index contributed by atoms with van der Waals surface area (Å²) < 4.78 is 5.21. The fourth-order valence-electron chi connectivity index (χ4n) is 2.36. The first-order valence-corrected chi connectivity index (χ1v) is 6.08. The number of hydrogen-bond donors (Lipinski definition) is 0. The molecule has 0 N–H and O–H groups in total. The maximum absolute atomic E-state index is 12.0. The standard InChI is InChI=1S/C13H12N2O4/c16-13(12-6-3-9-7-8-14(9)12)19-11-4-1-10(2-5-11)15(17)18/h1-2,4-6,9H,3,7-8H2. The first kappa shape index (κ1) is 11.7. The number of rotatable bonds is 3. The number of hydrogen-bond acceptors (Lipinski definition) is 5. The summed E-state index contributed by atoms with van der Waals surface area (Å²) in [4.78, 5) is 24.0. The predicted molar refractivity (Wildman–Crippen MR) is 66.5 cm³/mol. The van der Waals surface area contributed by atoms with Crippen LogP contribution < -0.4 is 4.74 Å². The molecule has 2 aliphatic heterocycles. The van der Waals surface area contributed by atoms with E-state index in [1.165, 1.54) is 24.3 Å². The Morgan fingerprint density at radius 3 is 2.63 bits per heavy atom. The molecule has 1 atom stereocenters. The number of non-ortho nitro benzene ring substituents is 1. The minimum Gasteiger partial charge on any atom is -0.422 e. The summed E-state index contributed by atoms with van der Waals surface area (Å²) in [6.07, 6.45) is 3.90. The summed E-state index contributed by atoms with van der Waals surface area (Å²) in [5, 5.41) is 10.5. The second kappa shape index (κ2) is 4.38. The Morgan fingerprint density at radius 2 is 2.11 bits per heavy atom. The minimum absolute atomic E-state index is 0.0253. The van der Waals surface area contributed by atoms with Gasteiger partial charge in [0.2, 0.25) is 0 Å². The number of esters is 1. The van der Waals surface area contributed by atoms with Gasteiger partial charge in [-0.05, 0) is 25.0 Å². The number of carbonyl (C=O) groups excluding carboxylic acids is 1. The summed E-state index contributed by atoms with van der Waals surface area (Å²) in [6, 6.07) is 5.95. The summed E-state index contributed by atoms with van der Waals surface area (Å²) in [5.74, 6) is -0.0727. The van der Waals surface area contributed by atoms with E-state index >= 15 is 0 Å². The van der Waals surface area contributed by atoms with Gasteiger partial charge in [-0.1, -0.05) is 6.08 Å². The lowest BCUT2D eigenvalue weighted by atomic mass is 10.0. The van der Waals surface area contributed by atoms with Crippen molar-refractivity contribution in [2.45, 2.75) is 18.9 Å². The fraction of sp³-hybridized carbons (Fsp3) is 0.308. The van der Waals surface area contributed by atoms with Crippen LogP contribution in [0.3, 0.4) is 0 Å². The molecule has 0 aliphatic carbocycles. The molecule has 3 rings (SSSR count). The van der Waals surface area contributed by atoms with Crippen LogP contribution in [0.15, 0.2) is 36.0 Å². The molecule has 0 bridgehead atoms. The molecule has 6 heteroatoms. The largest absolute Gasteiger partial charge is 0.422 e. The van der Waals surface area contributed by atoms with Crippen molar-refractivity contribution in [3.63, 3.8) is 0 Å². The number of fused-ring (bicyclic) bond motifs is 1. The van der Waals surface area contributed by atoms with E-state index in [1.54, 1.807) is 0 Å². The molecule has 1 aromatic carbocycles. The lowest BCUT2D eigenvalue weighted by molar-refractivity contribution is -0.384. The molecule has 19 heavy (non-hydrogen) atoms. The third-order valence-electron chi connectivity index (χ3n) is 3.50. The average molecular weight is 260 g/mol. The Balaban J connectivity index is 1.68. The van der Waals surface area contributed by atoms with Gasteiger partial charge in [-0.2, -0.15) is 0 Å². The van der Waals surface area contributed by atoms with Crippen molar-refractivity contribution >= 4 is 11.7 Å². The molecular weight excluding hydrogens is 248 g/mol. The average Bonchev–Trinajstić information content (AvgIpc) is 2.65. The smallest absolute Gasteiger partial charge is 0.359 e. The molecule has 1 unspecified atom stereocenters. The number of nitrogens with zero attached hydrogens (tertiary/aromatic N) is 2. The molecule has 6 nitrogen and oxygen atoms in total. The lowest BCUT2D eigenvalue weighted by Gasteiger charge is -2.38. The van der Waals surface area contributed by atoms with Gasteiger partial charge in [0, 0.05) is 24.7 Å². The fourth-order valence-corrected chi connectivity index (χ4v) is 2.36. The van der Waals surface area contributed by atoms with Crippen molar-refractivity contribution in [1.82, 2.24) is 4.90 Å². The van der Waals surface area contributed by atoms with Crippen LogP contribution >= 0.6 is 0 Å². The van der Waals surface area contributed by atoms with E-state index in [-0.39, 0.29) is 5.69 Å². The van der Waals surface area contributed by atoms with E-state index in [9.17, 15) is 14.9 Å². The molecule has 2 aliphatic rings. The summed E-state index contributed by atoms with van der Waals surface area (Å²) in [5.41, 5.74) is 0.581. The van der Waals surface area contributed by atoms with Crippen molar-refractivity contribution in [3.05, 3.63) is 46.2 Å². The first-order chi connectivity index (χ1) is 9.15. The molecule has 1 aromatic rings. The van der Waals surface area contributed by atoms with E-state index in [4.69, 9.17) is 4.74 Å². The second-order valence-corrected chi connectivity index (χ2v) is 4.60. The predicted octanol–water partition coefficient (Wildman–Crippen LogP) is 1.86. The van der Waals surface area contributed by atoms with Crippen LogP contribution in [-0.2, 0) is 4.79 Å². The van der Waals surface area contributed by atoms with Crippen LogP contribution in [-0.4, -0.2) is 28.4 Å². The molecular formula is C13H12N2O4. The Hall–Kier alpha value is -2.37. The third-order valence-corrected chi connectivity index (χ3v) is 3.50. The van der Waals surface area contributed by atoms with Gasteiger partial charge in [-0.25, -0.2) is 4.79 Å². The van der Waals surface area contributed by atoms with Crippen molar-refractivity contribution < 1.29 is 14.5 Å². The van der Waals surface area contributed by atoms with Gasteiger partial charge < -0.3 is 9.64 Å². The minimum atomic E-state index is -0.490. The molecule has 0 spiro atoms. The topological polar surface area (TPSA) is 72.7 Å². The lowest BCUT2D eigenvalue weighted by Crippen LogP contribution is -2.45. The Labute approximate surface area is 109 Å². The SMILES string of the molecule is O=C(Oc1ccc([N+](=O)[O-])cc1)C1=CCC2CCN12. The van der Waals surface area contributed by atoms with Crippen LogP contribution in [0.1, 0.15) is 12.8 Å². The quantitative estimate of drug-likeness (QED) is 0.359. The molecule has 0 radical (unpaired) electrons. The highest BCUT2D eigenvalue weighted by atomic mass is 16.6. The van der Waals surface area contributed by atoms with E-state index < -0.39 is 10.9 Å². The van der Waals surface area contributed by atoms with E-state index in [0.717, 1.165) is 19.4 Å². The molecule has 98 valence electrons. The number of carbonyl (C=O) groups is 1. The zero-order valence-corrected chi connectivity index (χ0v) is 10.1. The van der Waals surface area contributed by atoms with Gasteiger partial charge in [0.15, 0.2) is 0 Å². The summed E-state index contributed by atoms with van der Waals surface area (Å²) in [6.45, 7) is 0.895. The van der Waals surface area contributed by atoms with Crippen LogP contribution in [0, 0.1) is 10.1 Å². The van der Waals surface area contributed by atoms with Crippen LogP contribution in [0.2, 0.25) is 0 Å². The number of nitro benzene ring substituents is 1. The van der Waals surface area contributed by atoms with Gasteiger partial charge in [0.25, 0.3) is 5.69 Å². The highest BCUT2D eigenvalue weighted by molar-refractivity contribution is 5.90. The molecule has 1 fully saturated rings. The van der Waals surface area contributed by atoms with Crippen molar-refractivity contribution in [1.29, 1.82) is 0 Å². The van der Waals surface area contributed by atoms with Crippen molar-refractivity contribution in [2.75, 3.05) is 6.54 Å². The molecule has 1 saturated heterocycles. The Bertz CT molecular complexity index is 565. The van der Waals surface area contributed by atoms with Crippen LogP contribution in [0.4, 0.5) is 5.69 Å². The van der Waals surface area contributed by atoms with E-state index in [0.29, 0.717) is 17.5 Å². The Morgan fingerprint density at radius 1 is 1.37 bits per heavy atom. The van der Waals surface area contributed by atoms with Gasteiger partial charge >= 0.3 is 5.97 Å². The highest BCUT2D eigenvalue weighted by Crippen LogP contribution is 2.33. The maximum atomic E-state index is 12.0. The Kier molecular flexibility index (Phi) is 2.70. The van der Waals surface area contributed by atoms with Gasteiger partial charge in [-0.15, -0.1) is 0 Å². The van der Waals surface area contributed by atoms with Gasteiger partial charge in [0.05, 0.1) is 4.92 Å². The zero-order valence-electron chi connectivity index (χ0n) is 10.1. The summed E-state index contributed by atoms with van der Waals surface area (Å²) in [7, 11) is 0. The monoisotopic (exact) mass is 260 g/mol. The van der Waals surface area contributed by atoms with Crippen molar-refractivity contribution in [3.8, 4) is 5.75 Å². The van der Waals surface area contributed by atoms with Gasteiger partial charge in [0.1, 0.15) is 11.4 Å². The molecule has 0 saturated carbocycles. The normalized spacial score (nSPS) is 20.3. The van der Waals surface area contributed by atoms with E-state index in [1.807, 2.05) is 11.0 Å². The molecule has 0 amide bonds. The number of benzene rings is 1. The number of nitro groups is 1. The number of ether oxygens (including phenoxy) is 1. The molecule has 0 aromatic heterocycles. The zero-order chi connectivity index (χ0) is 13.4. The second-order valence-electron chi connectivity index (χ2n) is 4.60. The van der Waals surface area contributed by atoms with E-state index in [2.05, 4.69) is 0 Å². The third kappa shape index (κ3) is 2.05. The first-order valence-electron chi connectivity index (χ1n) is 6.08. The van der Waals surface area contributed by atoms with Crippen LogP contribution in [0.25, 0.3) is 0 Å². The van der Waals surface area contributed by atoms with Crippen molar-refractivity contribution in [2.24, 2.45) is 0 Å². The summed E-state index contributed by atoms with van der Waals surface area (Å²) >= 11 is 0. The highest BCUT2D eigenvalue weighted by Gasteiger charge is 2.37. The van der Waals surface area contributed by atoms with Crippen LogP contribution in [0.5, 0.6) is 5.75 Å². The molecule has 2 heterocycles. The maximum Gasteiger partial charge on any atom is 0.359 e. The van der Waals surface area contributed by atoms with Gasteiger partial charge in [-0.3, -0.25) is 10.1 Å².